The van der Waals surface area contributed by atoms with Gasteiger partial charge in [-0.2, -0.15) is 4.57 Å². The van der Waals surface area contributed by atoms with E-state index in [1.54, 1.807) is 0 Å². The molecule has 0 atom stereocenters. The summed E-state index contributed by atoms with van der Waals surface area (Å²) in [5, 5.41) is 2.27. The minimum atomic E-state index is 0.395. The summed E-state index contributed by atoms with van der Waals surface area (Å²) in [5.74, 6) is 1.91. The molecule has 3 heteroatoms. The molecule has 0 aliphatic heterocycles. The van der Waals surface area contributed by atoms with Crippen molar-refractivity contribution in [3.63, 3.8) is 0 Å². The molecule has 0 saturated carbocycles. The molecule has 0 N–H and O–H groups in total. The second-order valence-corrected chi connectivity index (χ2v) is 12.6. The van der Waals surface area contributed by atoms with E-state index in [0.29, 0.717) is 11.8 Å². The summed E-state index contributed by atoms with van der Waals surface area (Å²) >= 11 is 0. The van der Waals surface area contributed by atoms with Crippen LogP contribution in [0.1, 0.15) is 56.2 Å². The lowest BCUT2D eigenvalue weighted by atomic mass is 9.92. The van der Waals surface area contributed by atoms with Crippen LogP contribution in [0.2, 0.25) is 0 Å². The van der Waals surface area contributed by atoms with E-state index in [4.69, 9.17) is 4.42 Å². The highest BCUT2D eigenvalue weighted by Gasteiger charge is 2.29. The fourth-order valence-electron chi connectivity index (χ4n) is 6.65. The Bertz CT molecular complexity index is 2120. The maximum Gasteiger partial charge on any atom is 0.297 e. The molecule has 7 rings (SSSR count). The summed E-state index contributed by atoms with van der Waals surface area (Å²) < 4.78 is 11.5. The number of fused-ring (bicyclic) bond motifs is 3. The molecular formula is C41H39N2O+. The van der Waals surface area contributed by atoms with Crippen molar-refractivity contribution < 1.29 is 8.98 Å². The van der Waals surface area contributed by atoms with Gasteiger partial charge in [0, 0.05) is 21.9 Å². The van der Waals surface area contributed by atoms with Crippen molar-refractivity contribution >= 4 is 21.9 Å². The standard InChI is InChI=1S/C41H39N2O/c1-26(2)33-16-11-17-34(27(3)4)39(33)43-23-22-42(6)41(43)38-28(5)18-20-36-35-21-19-32(25-37(35)44-40(36)38)31-15-10-14-30(24-31)29-12-8-7-9-13-29/h7-27H,1-6H3/q+1. The first-order chi connectivity index (χ1) is 21.3. The molecule has 0 saturated heterocycles. The van der Waals surface area contributed by atoms with Crippen LogP contribution in [0, 0.1) is 6.92 Å². The zero-order chi connectivity index (χ0) is 30.5. The maximum atomic E-state index is 6.84. The van der Waals surface area contributed by atoms with Crippen LogP contribution in [0.25, 0.3) is 61.3 Å². The predicted molar refractivity (Wildman–Crippen MR) is 183 cm³/mol. The highest BCUT2D eigenvalue weighted by molar-refractivity contribution is 6.10. The van der Waals surface area contributed by atoms with Crippen LogP contribution in [0.15, 0.2) is 120 Å². The van der Waals surface area contributed by atoms with Gasteiger partial charge in [0.15, 0.2) is 5.58 Å². The van der Waals surface area contributed by atoms with Crippen molar-refractivity contribution in [2.24, 2.45) is 7.05 Å². The van der Waals surface area contributed by atoms with Gasteiger partial charge in [-0.1, -0.05) is 113 Å². The van der Waals surface area contributed by atoms with Gasteiger partial charge in [0.2, 0.25) is 0 Å². The Morgan fingerprint density at radius 2 is 1.25 bits per heavy atom. The lowest BCUT2D eigenvalue weighted by Gasteiger charge is -2.18. The molecule has 0 spiro atoms. The number of nitrogens with zero attached hydrogens (tertiary/aromatic N) is 2. The van der Waals surface area contributed by atoms with Crippen LogP contribution in [-0.4, -0.2) is 4.57 Å². The topological polar surface area (TPSA) is 21.9 Å². The van der Waals surface area contributed by atoms with Crippen molar-refractivity contribution in [3.8, 4) is 39.3 Å². The summed E-state index contributed by atoms with van der Waals surface area (Å²) in [6.07, 6.45) is 4.37. The normalized spacial score (nSPS) is 11.8. The average Bonchev–Trinajstić information content (AvgIpc) is 3.60. The van der Waals surface area contributed by atoms with Crippen LogP contribution in [0.4, 0.5) is 0 Å². The van der Waals surface area contributed by atoms with Crippen LogP contribution >= 0.6 is 0 Å². The van der Waals surface area contributed by atoms with Gasteiger partial charge in [0.25, 0.3) is 5.82 Å². The van der Waals surface area contributed by atoms with E-state index in [2.05, 4.69) is 166 Å². The van der Waals surface area contributed by atoms with Gasteiger partial charge in [-0.15, -0.1) is 0 Å². The first-order valence-corrected chi connectivity index (χ1v) is 15.6. The largest absolute Gasteiger partial charge is 0.455 e. The summed E-state index contributed by atoms with van der Waals surface area (Å²) in [7, 11) is 2.14. The van der Waals surface area contributed by atoms with Gasteiger partial charge in [0.1, 0.15) is 29.2 Å². The zero-order valence-electron chi connectivity index (χ0n) is 26.4. The third-order valence-electron chi connectivity index (χ3n) is 8.96. The van der Waals surface area contributed by atoms with Crippen molar-refractivity contribution in [2.75, 3.05) is 0 Å². The fraction of sp³-hybridized carbons (Fsp3) is 0.195. The lowest BCUT2D eigenvalue weighted by molar-refractivity contribution is -0.659. The Morgan fingerprint density at radius 3 is 1.95 bits per heavy atom. The zero-order valence-corrected chi connectivity index (χ0v) is 26.4. The van der Waals surface area contributed by atoms with Gasteiger partial charge in [-0.25, -0.2) is 4.57 Å². The molecule has 218 valence electrons. The fourth-order valence-corrected chi connectivity index (χ4v) is 6.65. The summed E-state index contributed by atoms with van der Waals surface area (Å²) in [5.41, 5.74) is 12.9. The van der Waals surface area contributed by atoms with E-state index < -0.39 is 0 Å². The number of furan rings is 1. The molecular weight excluding hydrogens is 536 g/mol. The van der Waals surface area contributed by atoms with E-state index in [1.165, 1.54) is 39.1 Å². The molecule has 5 aromatic carbocycles. The average molecular weight is 576 g/mol. The molecule has 0 aliphatic rings. The third-order valence-corrected chi connectivity index (χ3v) is 8.96. The molecule has 2 heterocycles. The molecule has 0 radical (unpaired) electrons. The second kappa shape index (κ2) is 11.0. The number of benzene rings is 5. The van der Waals surface area contributed by atoms with Gasteiger partial charge >= 0.3 is 0 Å². The van der Waals surface area contributed by atoms with E-state index in [1.807, 2.05) is 0 Å². The van der Waals surface area contributed by atoms with Gasteiger partial charge in [-0.05, 0) is 64.8 Å². The van der Waals surface area contributed by atoms with Gasteiger partial charge in [0.05, 0.1) is 7.05 Å². The molecule has 0 fully saturated rings. The van der Waals surface area contributed by atoms with E-state index in [9.17, 15) is 0 Å². The Hall–Kier alpha value is -4.89. The summed E-state index contributed by atoms with van der Waals surface area (Å²) in [6.45, 7) is 11.3. The molecule has 0 aliphatic carbocycles. The molecule has 0 amide bonds. The Balaban J connectivity index is 1.42. The Labute approximate surface area is 260 Å². The number of hydrogen-bond donors (Lipinski definition) is 0. The number of para-hydroxylation sites is 1. The molecule has 2 aromatic heterocycles. The minimum absolute atomic E-state index is 0.395. The SMILES string of the molecule is Cc1ccc2c(oc3cc(-c4cccc(-c5ccccc5)c4)ccc32)c1-c1n(-c2c(C(C)C)cccc2C(C)C)cc[n+]1C. The van der Waals surface area contributed by atoms with Crippen LogP contribution in [0.5, 0.6) is 0 Å². The third kappa shape index (κ3) is 4.64. The highest BCUT2D eigenvalue weighted by Crippen LogP contribution is 2.41. The summed E-state index contributed by atoms with van der Waals surface area (Å²) in [4.78, 5) is 0. The van der Waals surface area contributed by atoms with Crippen LogP contribution in [0.3, 0.4) is 0 Å². The van der Waals surface area contributed by atoms with E-state index in [0.717, 1.165) is 38.9 Å². The summed E-state index contributed by atoms with van der Waals surface area (Å²) in [6, 6.07) is 37.1. The number of rotatable bonds is 6. The van der Waals surface area contributed by atoms with E-state index in [-0.39, 0.29) is 0 Å². The second-order valence-electron chi connectivity index (χ2n) is 12.6. The molecule has 3 nitrogen and oxygen atoms in total. The molecule has 0 bridgehead atoms. The van der Waals surface area contributed by atoms with Crippen molar-refractivity contribution in [1.82, 2.24) is 4.57 Å². The van der Waals surface area contributed by atoms with Gasteiger partial charge in [-0.3, -0.25) is 0 Å². The molecule has 0 unspecified atom stereocenters. The smallest absolute Gasteiger partial charge is 0.297 e. The maximum absolute atomic E-state index is 6.84. The quantitative estimate of drug-likeness (QED) is 0.181. The molecule has 7 aromatic rings. The van der Waals surface area contributed by atoms with Crippen LogP contribution in [-0.2, 0) is 7.05 Å². The lowest BCUT2D eigenvalue weighted by Crippen LogP contribution is -2.29. The monoisotopic (exact) mass is 575 g/mol. The Morgan fingerprint density at radius 1 is 0.636 bits per heavy atom. The number of imidazole rings is 1. The Kier molecular flexibility index (Phi) is 6.97. The molecule has 44 heavy (non-hydrogen) atoms. The minimum Gasteiger partial charge on any atom is -0.455 e. The van der Waals surface area contributed by atoms with Crippen LogP contribution < -0.4 is 4.57 Å². The van der Waals surface area contributed by atoms with E-state index >= 15 is 0 Å². The first-order valence-electron chi connectivity index (χ1n) is 15.6. The number of aromatic nitrogens is 2. The predicted octanol–water partition coefficient (Wildman–Crippen LogP) is 10.8. The van der Waals surface area contributed by atoms with Crippen molar-refractivity contribution in [1.29, 1.82) is 0 Å². The van der Waals surface area contributed by atoms with Crippen molar-refractivity contribution in [3.05, 3.63) is 132 Å². The number of hydrogen-bond acceptors (Lipinski definition) is 1. The van der Waals surface area contributed by atoms with Crippen molar-refractivity contribution in [2.45, 2.75) is 46.5 Å². The highest BCUT2D eigenvalue weighted by atomic mass is 16.3. The van der Waals surface area contributed by atoms with Gasteiger partial charge < -0.3 is 4.42 Å². The first kappa shape index (κ1) is 27.9. The number of aryl methyl sites for hydroxylation is 2.